The first-order chi connectivity index (χ1) is 15.2. The van der Waals surface area contributed by atoms with Crippen LogP contribution in [-0.4, -0.2) is 38.2 Å². The Hall–Kier alpha value is 1.06. The second-order valence-electron chi connectivity index (χ2n) is 12.1. The molecule has 0 amide bonds. The van der Waals surface area contributed by atoms with E-state index in [0.29, 0.717) is 11.8 Å². The van der Waals surface area contributed by atoms with Crippen LogP contribution in [0.25, 0.3) is 11.5 Å². The zero-order valence-corrected chi connectivity index (χ0v) is 33.5. The molecule has 0 heterocycles. The van der Waals surface area contributed by atoms with Gasteiger partial charge in [0.2, 0.25) is 0 Å². The van der Waals surface area contributed by atoms with Crippen LogP contribution >= 0.6 is 0 Å². The minimum atomic E-state index is -0.580. The van der Waals surface area contributed by atoms with Gasteiger partial charge in [-0.15, -0.1) is 11.1 Å². The SMILES string of the molecule is CC1=C(C)C(C)C(C(=[Si](C)C)C(C)(C)[NH-])=C1C.CC1=C(C)C(C)C(C(=[Si](C)C)C(C)(C)[NH-])=C1C.[Cl-].[Cl-].[Ti+2].[Ti+2]. The molecule has 8 heteroatoms. The Morgan fingerprint density at radius 2 is 0.763 bits per heavy atom. The van der Waals surface area contributed by atoms with Crippen LogP contribution in [0, 0.1) is 11.8 Å². The maximum Gasteiger partial charge on any atom is 2.00 e. The van der Waals surface area contributed by atoms with Crippen molar-refractivity contribution in [3.05, 3.63) is 56.1 Å². The molecule has 2 nitrogen and oxygen atoms in total. The van der Waals surface area contributed by atoms with Gasteiger partial charge in [0.05, 0.1) is 0 Å². The summed E-state index contributed by atoms with van der Waals surface area (Å²) in [5, 5.41) is 2.81. The number of halogens is 2. The molecule has 0 saturated heterocycles. The number of hydrogen-bond acceptors (Lipinski definition) is 0. The zero-order valence-electron chi connectivity index (χ0n) is 26.9. The van der Waals surface area contributed by atoms with Crippen molar-refractivity contribution in [1.29, 1.82) is 0 Å². The summed E-state index contributed by atoms with van der Waals surface area (Å²) in [6.07, 6.45) is 0. The fraction of sp³-hybridized carbons (Fsp3) is 0.667. The third kappa shape index (κ3) is 10.1. The van der Waals surface area contributed by atoms with E-state index in [2.05, 4.69) is 81.6 Å². The number of hydrogen-bond donors (Lipinski definition) is 0. The molecule has 2 unspecified atom stereocenters. The van der Waals surface area contributed by atoms with Crippen molar-refractivity contribution in [3.63, 3.8) is 0 Å². The molecule has 0 spiro atoms. The number of allylic oxidation sites excluding steroid dienone is 6. The van der Waals surface area contributed by atoms with E-state index >= 15 is 0 Å². The zero-order chi connectivity index (χ0) is 27.1. The Bertz CT molecular complexity index is 959. The minimum Gasteiger partial charge on any atom is -1.00 e. The normalized spacial score (nSPS) is 19.1. The molecule has 0 aromatic heterocycles. The Morgan fingerprint density at radius 1 is 0.553 bits per heavy atom. The van der Waals surface area contributed by atoms with Gasteiger partial charge >= 0.3 is 43.4 Å². The maximum atomic E-state index is 8.43. The van der Waals surface area contributed by atoms with Gasteiger partial charge in [-0.3, -0.25) is 0 Å². The molecular weight excluding hydrogens is 611 g/mol. The second-order valence-corrected chi connectivity index (χ2v) is 17.1. The molecule has 38 heavy (non-hydrogen) atoms. The topological polar surface area (TPSA) is 47.6 Å². The molecule has 2 aliphatic carbocycles. The number of nitrogens with one attached hydrogen (secondary N) is 2. The summed E-state index contributed by atoms with van der Waals surface area (Å²) >= 11 is 0. The monoisotopic (exact) mass is 662 g/mol. The fourth-order valence-electron chi connectivity index (χ4n) is 6.00. The predicted octanol–water partition coefficient (Wildman–Crippen LogP) is 3.26. The van der Waals surface area contributed by atoms with E-state index in [9.17, 15) is 0 Å². The van der Waals surface area contributed by atoms with Crippen LogP contribution in [0.1, 0.15) is 83.1 Å². The van der Waals surface area contributed by atoms with Gasteiger partial charge in [-0.05, 0) is 75.0 Å². The van der Waals surface area contributed by atoms with Crippen LogP contribution in [0.2, 0.25) is 26.2 Å². The van der Waals surface area contributed by atoms with Gasteiger partial charge in [0.25, 0.3) is 0 Å². The van der Waals surface area contributed by atoms with E-state index in [1.54, 1.807) is 0 Å². The van der Waals surface area contributed by atoms with E-state index in [1.165, 1.54) is 54.9 Å². The van der Waals surface area contributed by atoms with Crippen molar-refractivity contribution in [2.24, 2.45) is 11.8 Å². The van der Waals surface area contributed by atoms with Crippen molar-refractivity contribution in [1.82, 2.24) is 0 Å². The standard InChI is InChI=1S/2C15H26NSi.2ClH.2Ti/c2*1-9-10(2)12(4)13(11(9)3)14(17(7)8)15(5,6)16;;;;/h2*11,16H,1-8H3;2*1H;;/q2*-1;;;2*+2/p-2. The summed E-state index contributed by atoms with van der Waals surface area (Å²) in [6, 6.07) is 0. The Labute approximate surface area is 281 Å². The Kier molecular flexibility index (Phi) is 20.9. The van der Waals surface area contributed by atoms with Gasteiger partial charge in [-0.1, -0.05) is 89.2 Å². The van der Waals surface area contributed by atoms with Crippen molar-refractivity contribution >= 4 is 27.2 Å². The fourth-order valence-corrected chi connectivity index (χ4v) is 10.4. The van der Waals surface area contributed by atoms with Crippen molar-refractivity contribution in [3.8, 4) is 0 Å². The van der Waals surface area contributed by atoms with E-state index in [0.717, 1.165) is 0 Å². The predicted molar refractivity (Wildman–Crippen MR) is 162 cm³/mol. The first-order valence-electron chi connectivity index (χ1n) is 12.8. The van der Waals surface area contributed by atoms with Gasteiger partial charge in [0.1, 0.15) is 0 Å². The van der Waals surface area contributed by atoms with Crippen LogP contribution in [0.4, 0.5) is 0 Å². The smallest absolute Gasteiger partial charge is 1.00 e. The third-order valence-corrected chi connectivity index (χ3v) is 11.9. The van der Waals surface area contributed by atoms with E-state index in [-0.39, 0.29) is 68.2 Å². The third-order valence-electron chi connectivity index (χ3n) is 8.07. The quantitative estimate of drug-likeness (QED) is 0.415. The average molecular weight is 664 g/mol. The van der Waals surface area contributed by atoms with E-state index < -0.39 is 27.9 Å². The van der Waals surface area contributed by atoms with Crippen LogP contribution < -0.4 is 24.8 Å². The van der Waals surface area contributed by atoms with Crippen LogP contribution in [0.3, 0.4) is 0 Å². The molecule has 0 aromatic rings. The van der Waals surface area contributed by atoms with Gasteiger partial charge in [-0.2, -0.15) is 0 Å². The molecule has 2 N–H and O–H groups in total. The number of rotatable bonds is 4. The molecule has 2 rings (SSSR count). The minimum absolute atomic E-state index is 0. The molecular formula is C30H52Cl2N2Si2Ti2. The first-order valence-corrected chi connectivity index (χ1v) is 17.8. The first kappa shape index (κ1) is 46.0. The molecule has 0 radical (unpaired) electrons. The van der Waals surface area contributed by atoms with Crippen LogP contribution in [0.15, 0.2) is 44.6 Å². The summed E-state index contributed by atoms with van der Waals surface area (Å²) in [5.41, 5.74) is 27.6. The van der Waals surface area contributed by atoms with Crippen LogP contribution in [-0.2, 0) is 43.4 Å². The average Bonchev–Trinajstić information content (AvgIpc) is 2.96. The molecule has 2 aliphatic rings. The van der Waals surface area contributed by atoms with Crippen LogP contribution in [0.5, 0.6) is 0 Å². The summed E-state index contributed by atoms with van der Waals surface area (Å²) < 4.78 is 0. The molecule has 0 saturated carbocycles. The summed E-state index contributed by atoms with van der Waals surface area (Å²) in [6.45, 7) is 35.4. The Balaban J connectivity index is -0.000000275. The van der Waals surface area contributed by atoms with Crippen molar-refractivity contribution in [2.75, 3.05) is 0 Å². The summed E-state index contributed by atoms with van der Waals surface area (Å²) in [4.78, 5) is 0. The summed E-state index contributed by atoms with van der Waals surface area (Å²) in [5.74, 6) is 1.02. The van der Waals surface area contributed by atoms with Gasteiger partial charge in [0.15, 0.2) is 0 Å². The Morgan fingerprint density at radius 3 is 0.868 bits per heavy atom. The molecule has 2 atom stereocenters. The molecule has 212 valence electrons. The van der Waals surface area contributed by atoms with Crippen molar-refractivity contribution in [2.45, 2.75) is 120 Å². The van der Waals surface area contributed by atoms with E-state index in [1.807, 2.05) is 27.7 Å². The second kappa shape index (κ2) is 17.2. The van der Waals surface area contributed by atoms with E-state index in [4.69, 9.17) is 11.5 Å². The van der Waals surface area contributed by atoms with Crippen molar-refractivity contribution < 1.29 is 68.2 Å². The molecule has 0 aromatic carbocycles. The van der Waals surface area contributed by atoms with Gasteiger partial charge < -0.3 is 36.3 Å². The largest absolute Gasteiger partial charge is 2.00 e. The van der Waals surface area contributed by atoms with Gasteiger partial charge in [-0.25, -0.2) is 0 Å². The molecule has 0 aliphatic heterocycles. The molecule has 0 bridgehead atoms. The molecule has 0 fully saturated rings. The maximum absolute atomic E-state index is 8.43. The van der Waals surface area contributed by atoms with Gasteiger partial charge in [0, 0.05) is 28.7 Å². The summed E-state index contributed by atoms with van der Waals surface area (Å²) in [7, 11) is -1.16.